The molecule has 1 unspecified atom stereocenters. The van der Waals surface area contributed by atoms with Crippen molar-refractivity contribution in [2.45, 2.75) is 25.4 Å². The van der Waals surface area contributed by atoms with Crippen molar-refractivity contribution in [3.8, 4) is 0 Å². The molecule has 18 heavy (non-hydrogen) atoms. The second kappa shape index (κ2) is 5.40. The maximum absolute atomic E-state index is 12.1. The molecule has 1 heterocycles. The molecule has 0 spiro atoms. The van der Waals surface area contributed by atoms with Crippen molar-refractivity contribution in [2.75, 3.05) is 26.4 Å². The lowest BCUT2D eigenvalue weighted by Gasteiger charge is -2.26. The summed E-state index contributed by atoms with van der Waals surface area (Å²) in [6.45, 7) is 1.73. The maximum Gasteiger partial charge on any atom is 0.239 e. The fraction of sp³-hybridized carbons (Fsp3) is 0.500. The summed E-state index contributed by atoms with van der Waals surface area (Å²) in [5.74, 6) is 0.196. The van der Waals surface area contributed by atoms with Gasteiger partial charge in [-0.1, -0.05) is 18.2 Å². The molecule has 1 atom stereocenters. The number of nitrogen functional groups attached to an aromatic ring is 1. The third kappa shape index (κ3) is 2.64. The second-order valence-corrected chi connectivity index (χ2v) is 5.06. The number of likely N-dealkylation sites (tertiary alicyclic amines) is 1. The van der Waals surface area contributed by atoms with Crippen LogP contribution >= 0.6 is 0 Å². The van der Waals surface area contributed by atoms with Crippen molar-refractivity contribution < 1.29 is 4.79 Å². The first kappa shape index (κ1) is 12.9. The summed E-state index contributed by atoms with van der Waals surface area (Å²) < 4.78 is 0. The third-order valence-corrected chi connectivity index (χ3v) is 3.52. The summed E-state index contributed by atoms with van der Waals surface area (Å²) >= 11 is 0. The van der Waals surface area contributed by atoms with Gasteiger partial charge in [0.05, 0.1) is 6.04 Å². The molecule has 2 rings (SSSR count). The van der Waals surface area contributed by atoms with Crippen LogP contribution in [0.2, 0.25) is 0 Å². The van der Waals surface area contributed by atoms with E-state index in [2.05, 4.69) is 4.90 Å². The quantitative estimate of drug-likeness (QED) is 0.820. The Bertz CT molecular complexity index is 431. The lowest BCUT2D eigenvalue weighted by Crippen LogP contribution is -2.42. The van der Waals surface area contributed by atoms with Gasteiger partial charge < -0.3 is 10.6 Å². The van der Waals surface area contributed by atoms with Gasteiger partial charge in [-0.25, -0.2) is 0 Å². The second-order valence-electron chi connectivity index (χ2n) is 5.06. The van der Waals surface area contributed by atoms with E-state index in [4.69, 9.17) is 5.73 Å². The van der Waals surface area contributed by atoms with E-state index in [0.717, 1.165) is 37.2 Å². The molecule has 1 aliphatic heterocycles. The van der Waals surface area contributed by atoms with Crippen LogP contribution in [-0.4, -0.2) is 42.4 Å². The Morgan fingerprint density at radius 1 is 1.44 bits per heavy atom. The minimum absolute atomic E-state index is 0.0135. The first-order chi connectivity index (χ1) is 8.59. The smallest absolute Gasteiger partial charge is 0.239 e. The number of benzene rings is 1. The lowest BCUT2D eigenvalue weighted by molar-refractivity contribution is -0.133. The average Bonchev–Trinajstić information content (AvgIpc) is 2.79. The molecule has 98 valence electrons. The minimum atomic E-state index is 0.0135. The SMILES string of the molecule is CN(C)C(=O)C1CCCN1Cc1ccccc1N. The molecule has 1 aliphatic rings. The van der Waals surface area contributed by atoms with Gasteiger partial charge in [-0.05, 0) is 31.0 Å². The zero-order chi connectivity index (χ0) is 13.1. The van der Waals surface area contributed by atoms with Gasteiger partial charge in [0.15, 0.2) is 0 Å². The van der Waals surface area contributed by atoms with Gasteiger partial charge in [0.25, 0.3) is 0 Å². The molecule has 0 saturated carbocycles. The molecule has 1 aromatic carbocycles. The van der Waals surface area contributed by atoms with Crippen LogP contribution in [0.1, 0.15) is 18.4 Å². The molecule has 1 fully saturated rings. The van der Waals surface area contributed by atoms with Crippen LogP contribution in [0, 0.1) is 0 Å². The van der Waals surface area contributed by atoms with E-state index < -0.39 is 0 Å². The summed E-state index contributed by atoms with van der Waals surface area (Å²) in [5, 5.41) is 0. The third-order valence-electron chi connectivity index (χ3n) is 3.52. The van der Waals surface area contributed by atoms with Crippen molar-refractivity contribution >= 4 is 11.6 Å². The Morgan fingerprint density at radius 2 is 2.17 bits per heavy atom. The summed E-state index contributed by atoms with van der Waals surface area (Å²) in [5.41, 5.74) is 7.87. The van der Waals surface area contributed by atoms with Crippen LogP contribution < -0.4 is 5.73 Å². The number of hydrogen-bond acceptors (Lipinski definition) is 3. The van der Waals surface area contributed by atoms with Gasteiger partial charge in [-0.2, -0.15) is 0 Å². The zero-order valence-corrected chi connectivity index (χ0v) is 11.1. The Morgan fingerprint density at radius 3 is 2.83 bits per heavy atom. The van der Waals surface area contributed by atoms with Gasteiger partial charge in [0, 0.05) is 26.3 Å². The summed E-state index contributed by atoms with van der Waals surface area (Å²) in [6, 6.07) is 7.88. The minimum Gasteiger partial charge on any atom is -0.398 e. The summed E-state index contributed by atoms with van der Waals surface area (Å²) in [7, 11) is 3.63. The number of hydrogen-bond donors (Lipinski definition) is 1. The van der Waals surface area contributed by atoms with Crippen LogP contribution in [0.15, 0.2) is 24.3 Å². The molecule has 0 bridgehead atoms. The molecule has 4 nitrogen and oxygen atoms in total. The lowest BCUT2D eigenvalue weighted by atomic mass is 10.1. The number of likely N-dealkylation sites (N-methyl/N-ethyl adjacent to an activating group) is 1. The highest BCUT2D eigenvalue weighted by Crippen LogP contribution is 2.23. The van der Waals surface area contributed by atoms with Crippen molar-refractivity contribution in [3.63, 3.8) is 0 Å². The monoisotopic (exact) mass is 247 g/mol. The highest BCUT2D eigenvalue weighted by atomic mass is 16.2. The largest absolute Gasteiger partial charge is 0.398 e. The van der Waals surface area contributed by atoms with E-state index in [0.29, 0.717) is 0 Å². The molecule has 2 N–H and O–H groups in total. The molecule has 0 radical (unpaired) electrons. The van der Waals surface area contributed by atoms with Gasteiger partial charge in [-0.3, -0.25) is 9.69 Å². The van der Waals surface area contributed by atoms with E-state index in [9.17, 15) is 4.79 Å². The highest BCUT2D eigenvalue weighted by Gasteiger charge is 2.31. The van der Waals surface area contributed by atoms with Crippen LogP contribution in [0.25, 0.3) is 0 Å². The van der Waals surface area contributed by atoms with Crippen LogP contribution in [-0.2, 0) is 11.3 Å². The van der Waals surface area contributed by atoms with Crippen molar-refractivity contribution in [3.05, 3.63) is 29.8 Å². The van der Waals surface area contributed by atoms with E-state index >= 15 is 0 Å². The fourth-order valence-electron chi connectivity index (χ4n) is 2.49. The van der Waals surface area contributed by atoms with Crippen molar-refractivity contribution in [1.29, 1.82) is 0 Å². The number of carbonyl (C=O) groups is 1. The van der Waals surface area contributed by atoms with E-state index in [1.165, 1.54) is 0 Å². The van der Waals surface area contributed by atoms with Gasteiger partial charge in [0.1, 0.15) is 0 Å². The Hall–Kier alpha value is -1.55. The molecule has 1 amide bonds. The molecule has 4 heteroatoms. The van der Waals surface area contributed by atoms with Gasteiger partial charge in [0.2, 0.25) is 5.91 Å². The van der Waals surface area contributed by atoms with E-state index in [1.807, 2.05) is 38.4 Å². The Balaban J connectivity index is 2.09. The maximum atomic E-state index is 12.1. The average molecular weight is 247 g/mol. The Kier molecular flexibility index (Phi) is 3.87. The predicted molar refractivity (Wildman–Crippen MR) is 73.0 cm³/mol. The van der Waals surface area contributed by atoms with E-state index in [1.54, 1.807) is 4.90 Å². The van der Waals surface area contributed by atoms with E-state index in [-0.39, 0.29) is 11.9 Å². The number of para-hydroxylation sites is 1. The predicted octanol–water partition coefficient (Wildman–Crippen LogP) is 1.32. The highest BCUT2D eigenvalue weighted by molar-refractivity contribution is 5.81. The standard InChI is InChI=1S/C14H21N3O/c1-16(2)14(18)13-8-5-9-17(13)10-11-6-3-4-7-12(11)15/h3-4,6-7,13H,5,8-10,15H2,1-2H3. The molecule has 1 aromatic rings. The first-order valence-corrected chi connectivity index (χ1v) is 6.38. The zero-order valence-electron chi connectivity index (χ0n) is 11.1. The topological polar surface area (TPSA) is 49.6 Å². The number of rotatable bonds is 3. The van der Waals surface area contributed by atoms with Gasteiger partial charge in [-0.15, -0.1) is 0 Å². The van der Waals surface area contributed by atoms with Crippen LogP contribution in [0.3, 0.4) is 0 Å². The number of amides is 1. The van der Waals surface area contributed by atoms with Crippen molar-refractivity contribution in [1.82, 2.24) is 9.80 Å². The number of anilines is 1. The number of nitrogens with two attached hydrogens (primary N) is 1. The summed E-state index contributed by atoms with van der Waals surface area (Å²) in [6.07, 6.45) is 2.03. The molecule has 1 saturated heterocycles. The molecule has 0 aliphatic carbocycles. The van der Waals surface area contributed by atoms with Crippen LogP contribution in [0.5, 0.6) is 0 Å². The van der Waals surface area contributed by atoms with Gasteiger partial charge >= 0.3 is 0 Å². The molecular formula is C14H21N3O. The number of carbonyl (C=O) groups excluding carboxylic acids is 1. The number of nitrogens with zero attached hydrogens (tertiary/aromatic N) is 2. The first-order valence-electron chi connectivity index (χ1n) is 6.38. The molecule has 0 aromatic heterocycles. The summed E-state index contributed by atoms with van der Waals surface area (Å²) in [4.78, 5) is 16.0. The van der Waals surface area contributed by atoms with Crippen LogP contribution in [0.4, 0.5) is 5.69 Å². The molecular weight excluding hydrogens is 226 g/mol. The Labute approximate surface area is 108 Å². The fourth-order valence-corrected chi connectivity index (χ4v) is 2.49. The normalized spacial score (nSPS) is 20.0. The van der Waals surface area contributed by atoms with Crippen molar-refractivity contribution in [2.24, 2.45) is 0 Å².